The lowest BCUT2D eigenvalue weighted by Crippen LogP contribution is -2.28. The molecular formula is C24H24N2O3. The minimum Gasteiger partial charge on any atom is -0.493 e. The van der Waals surface area contributed by atoms with Crippen LogP contribution < -0.4 is 14.8 Å². The van der Waals surface area contributed by atoms with Crippen LogP contribution in [0.15, 0.2) is 83.8 Å². The molecule has 0 aromatic heterocycles. The van der Waals surface area contributed by atoms with Crippen molar-refractivity contribution >= 4 is 11.5 Å². The van der Waals surface area contributed by atoms with E-state index in [0.29, 0.717) is 11.5 Å². The van der Waals surface area contributed by atoms with Gasteiger partial charge < -0.3 is 14.8 Å². The van der Waals surface area contributed by atoms with E-state index in [1.807, 2.05) is 48.7 Å². The summed E-state index contributed by atoms with van der Waals surface area (Å²) in [4.78, 5) is 14.8. The summed E-state index contributed by atoms with van der Waals surface area (Å²) >= 11 is 0. The van der Waals surface area contributed by atoms with Crippen LogP contribution in [0.2, 0.25) is 0 Å². The van der Waals surface area contributed by atoms with Gasteiger partial charge in [-0.15, -0.1) is 0 Å². The molecule has 0 saturated carbocycles. The van der Waals surface area contributed by atoms with E-state index in [1.165, 1.54) is 5.57 Å². The Morgan fingerprint density at radius 1 is 1.03 bits per heavy atom. The molecule has 0 unspecified atom stereocenters. The molecule has 3 aliphatic heterocycles. The number of allylic oxidation sites excluding steroid dienone is 6. The fourth-order valence-corrected chi connectivity index (χ4v) is 3.59. The molecule has 3 aliphatic rings. The summed E-state index contributed by atoms with van der Waals surface area (Å²) in [6, 6.07) is 5.65. The second-order valence-corrected chi connectivity index (χ2v) is 6.94. The van der Waals surface area contributed by atoms with Gasteiger partial charge in [0.1, 0.15) is 0 Å². The molecule has 0 bridgehead atoms. The lowest BCUT2D eigenvalue weighted by molar-refractivity contribution is -0.122. The summed E-state index contributed by atoms with van der Waals surface area (Å²) in [5.74, 6) is 1.20. The summed E-state index contributed by atoms with van der Waals surface area (Å²) in [5.41, 5.74) is 4.84. The first-order chi connectivity index (χ1) is 14.2. The second-order valence-electron chi connectivity index (χ2n) is 6.94. The summed E-state index contributed by atoms with van der Waals surface area (Å²) in [6.45, 7) is 1.82. The van der Waals surface area contributed by atoms with Gasteiger partial charge in [-0.3, -0.25) is 9.69 Å². The molecule has 1 amide bonds. The van der Waals surface area contributed by atoms with Gasteiger partial charge in [0.25, 0.3) is 5.91 Å². The minimum atomic E-state index is -0.0865. The highest BCUT2D eigenvalue weighted by atomic mass is 16.5. The first-order valence-corrected chi connectivity index (χ1v) is 9.65. The predicted octanol–water partition coefficient (Wildman–Crippen LogP) is 3.74. The van der Waals surface area contributed by atoms with Gasteiger partial charge in [-0.05, 0) is 59.5 Å². The van der Waals surface area contributed by atoms with Crippen LogP contribution in [-0.2, 0) is 4.79 Å². The largest absolute Gasteiger partial charge is 0.493 e. The number of fused-ring (bicyclic) bond motifs is 1. The smallest absolute Gasteiger partial charge is 0.255 e. The maximum absolute atomic E-state index is 13.1. The van der Waals surface area contributed by atoms with Crippen molar-refractivity contribution in [1.29, 1.82) is 0 Å². The average Bonchev–Trinajstić information content (AvgIpc) is 2.77. The van der Waals surface area contributed by atoms with Crippen LogP contribution >= 0.6 is 0 Å². The number of carbonyl (C=O) groups excluding carboxylic acids is 1. The van der Waals surface area contributed by atoms with Crippen molar-refractivity contribution in [3.8, 4) is 11.5 Å². The van der Waals surface area contributed by atoms with E-state index in [4.69, 9.17) is 9.47 Å². The molecule has 29 heavy (non-hydrogen) atoms. The van der Waals surface area contributed by atoms with Crippen LogP contribution in [-0.4, -0.2) is 38.1 Å². The summed E-state index contributed by atoms with van der Waals surface area (Å²) in [5, 5.41) is 3.38. The summed E-state index contributed by atoms with van der Waals surface area (Å²) in [6.07, 6.45) is 16.7. The lowest BCUT2D eigenvalue weighted by atomic mass is 9.98. The standard InChI is InChI=1S/C24H24N2O3/c1-28-22-11-9-18(13-23(22)29-2)17-5-3-7-21-10-8-20(16-26(21)24(27)14-17)19-6-4-12-25-15-19/h3,5-11,13-14,16,25H,4,12,15H2,1-2H3/b5-3+,17-14+,21-7+. The zero-order valence-electron chi connectivity index (χ0n) is 16.6. The van der Waals surface area contributed by atoms with E-state index >= 15 is 0 Å². The Balaban J connectivity index is 1.68. The van der Waals surface area contributed by atoms with Crippen molar-refractivity contribution in [3.05, 3.63) is 89.3 Å². The van der Waals surface area contributed by atoms with Crippen molar-refractivity contribution in [2.75, 3.05) is 27.3 Å². The van der Waals surface area contributed by atoms with Crippen molar-refractivity contribution in [3.63, 3.8) is 0 Å². The Bertz CT molecular complexity index is 1010. The molecule has 0 spiro atoms. The molecule has 0 aliphatic carbocycles. The van der Waals surface area contributed by atoms with E-state index in [-0.39, 0.29) is 5.91 Å². The molecule has 0 atom stereocenters. The number of benzene rings is 1. The normalized spacial score (nSPS) is 23.4. The van der Waals surface area contributed by atoms with E-state index in [9.17, 15) is 4.79 Å². The Morgan fingerprint density at radius 3 is 2.66 bits per heavy atom. The number of rotatable bonds is 4. The number of methoxy groups -OCH3 is 2. The summed E-state index contributed by atoms with van der Waals surface area (Å²) < 4.78 is 10.7. The lowest BCUT2D eigenvalue weighted by Gasteiger charge is -2.26. The van der Waals surface area contributed by atoms with Crippen LogP contribution in [0.25, 0.3) is 5.57 Å². The third-order valence-electron chi connectivity index (χ3n) is 5.15. The molecule has 1 aromatic rings. The molecule has 5 nitrogen and oxygen atoms in total. The number of carbonyl (C=O) groups is 1. The van der Waals surface area contributed by atoms with Gasteiger partial charge in [0.2, 0.25) is 0 Å². The van der Waals surface area contributed by atoms with Crippen LogP contribution in [0.3, 0.4) is 0 Å². The Morgan fingerprint density at radius 2 is 1.90 bits per heavy atom. The van der Waals surface area contributed by atoms with Crippen LogP contribution in [0.5, 0.6) is 11.5 Å². The monoisotopic (exact) mass is 388 g/mol. The zero-order valence-corrected chi connectivity index (χ0v) is 16.6. The summed E-state index contributed by atoms with van der Waals surface area (Å²) in [7, 11) is 3.21. The van der Waals surface area contributed by atoms with Gasteiger partial charge in [-0.2, -0.15) is 0 Å². The molecular weight excluding hydrogens is 364 g/mol. The van der Waals surface area contributed by atoms with Gasteiger partial charge in [0, 0.05) is 24.5 Å². The highest BCUT2D eigenvalue weighted by Gasteiger charge is 2.20. The maximum atomic E-state index is 13.1. The minimum absolute atomic E-state index is 0.0865. The number of amides is 1. The highest BCUT2D eigenvalue weighted by Crippen LogP contribution is 2.32. The van der Waals surface area contributed by atoms with E-state index < -0.39 is 0 Å². The molecule has 1 N–H and O–H groups in total. The third kappa shape index (κ3) is 3.96. The van der Waals surface area contributed by atoms with Crippen molar-refractivity contribution in [2.45, 2.75) is 6.42 Å². The maximum Gasteiger partial charge on any atom is 0.255 e. The van der Waals surface area contributed by atoms with E-state index in [2.05, 4.69) is 17.5 Å². The molecule has 0 saturated heterocycles. The van der Waals surface area contributed by atoms with Crippen LogP contribution in [0.4, 0.5) is 0 Å². The van der Waals surface area contributed by atoms with Gasteiger partial charge >= 0.3 is 0 Å². The molecule has 0 radical (unpaired) electrons. The Hall–Kier alpha value is -3.31. The van der Waals surface area contributed by atoms with E-state index in [0.717, 1.165) is 41.9 Å². The third-order valence-corrected chi connectivity index (χ3v) is 5.15. The number of hydrogen-bond donors (Lipinski definition) is 1. The molecule has 5 heteroatoms. The highest BCUT2D eigenvalue weighted by molar-refractivity contribution is 6.00. The van der Waals surface area contributed by atoms with Gasteiger partial charge in [-0.1, -0.05) is 30.4 Å². The van der Waals surface area contributed by atoms with Crippen molar-refractivity contribution < 1.29 is 14.3 Å². The quantitative estimate of drug-likeness (QED) is 0.854. The van der Waals surface area contributed by atoms with Crippen LogP contribution in [0, 0.1) is 0 Å². The molecule has 0 fully saturated rings. The van der Waals surface area contributed by atoms with Crippen molar-refractivity contribution in [1.82, 2.24) is 10.2 Å². The van der Waals surface area contributed by atoms with Crippen molar-refractivity contribution in [2.24, 2.45) is 0 Å². The number of hydrogen-bond acceptors (Lipinski definition) is 4. The molecule has 148 valence electrons. The Labute approximate surface area is 171 Å². The molecule has 4 rings (SSSR count). The number of ether oxygens (including phenoxy) is 2. The first kappa shape index (κ1) is 19.0. The second kappa shape index (κ2) is 8.37. The predicted molar refractivity (Wildman–Crippen MR) is 114 cm³/mol. The zero-order chi connectivity index (χ0) is 20.2. The van der Waals surface area contributed by atoms with Gasteiger partial charge in [-0.25, -0.2) is 0 Å². The molecule has 1 aromatic carbocycles. The Kier molecular flexibility index (Phi) is 5.49. The van der Waals surface area contributed by atoms with E-state index in [1.54, 1.807) is 25.2 Å². The topological polar surface area (TPSA) is 50.8 Å². The average molecular weight is 388 g/mol. The SMILES string of the molecule is COc1ccc(C2=C\C(=O)N3C=C(C4=CCCNC4)C=C\C3=C/C=C/2)cc1OC. The molecule has 3 heterocycles. The fourth-order valence-electron chi connectivity index (χ4n) is 3.59. The first-order valence-electron chi connectivity index (χ1n) is 9.65. The fraction of sp³-hybridized carbons (Fsp3) is 0.208. The number of nitrogens with one attached hydrogen (secondary N) is 1. The number of nitrogens with zero attached hydrogens (tertiary/aromatic N) is 1. The van der Waals surface area contributed by atoms with Gasteiger partial charge in [0.15, 0.2) is 11.5 Å². The van der Waals surface area contributed by atoms with Crippen LogP contribution in [0.1, 0.15) is 12.0 Å². The van der Waals surface area contributed by atoms with Gasteiger partial charge in [0.05, 0.1) is 14.2 Å².